The third-order valence-corrected chi connectivity index (χ3v) is 5.45. The number of hydrogen-bond acceptors (Lipinski definition) is 4. The summed E-state index contributed by atoms with van der Waals surface area (Å²) in [6.07, 6.45) is -2.80. The molecule has 0 aliphatic carbocycles. The van der Waals surface area contributed by atoms with Gasteiger partial charge in [-0.15, -0.1) is 0 Å². The number of aliphatic hydroxyl groups is 1. The zero-order valence-electron chi connectivity index (χ0n) is 16.4. The molecule has 1 N–H and O–H groups in total. The molecule has 1 heterocycles. The number of methoxy groups -OCH3 is 1. The van der Waals surface area contributed by atoms with Crippen LogP contribution in [0.2, 0.25) is 0 Å². The number of hydrazone groups is 1. The zero-order valence-corrected chi connectivity index (χ0v) is 16.4. The van der Waals surface area contributed by atoms with Gasteiger partial charge < -0.3 is 9.84 Å². The molecule has 1 fully saturated rings. The first-order chi connectivity index (χ1) is 13.7. The molecule has 2 aromatic rings. The predicted molar refractivity (Wildman–Crippen MR) is 106 cm³/mol. The number of rotatable bonds is 6. The topological polar surface area (TPSA) is 45.1 Å². The maximum Gasteiger partial charge on any atom is 0.422 e. The van der Waals surface area contributed by atoms with E-state index in [9.17, 15) is 18.3 Å². The van der Waals surface area contributed by atoms with Crippen molar-refractivity contribution in [2.45, 2.75) is 43.2 Å². The first-order valence-electron chi connectivity index (χ1n) is 9.49. The van der Waals surface area contributed by atoms with Crippen LogP contribution in [0.4, 0.5) is 13.2 Å². The third-order valence-electron chi connectivity index (χ3n) is 5.45. The summed E-state index contributed by atoms with van der Waals surface area (Å²) in [5.74, 6) is 0. The number of hydrogen-bond donors (Lipinski definition) is 1. The number of benzene rings is 2. The van der Waals surface area contributed by atoms with E-state index in [2.05, 4.69) is 5.10 Å². The number of nitrogens with zero attached hydrogens (tertiary/aromatic N) is 2. The van der Waals surface area contributed by atoms with Gasteiger partial charge in [-0.1, -0.05) is 60.7 Å². The second-order valence-corrected chi connectivity index (χ2v) is 7.38. The Morgan fingerprint density at radius 2 is 1.55 bits per heavy atom. The first kappa shape index (κ1) is 21.3. The Hall–Kier alpha value is -2.38. The van der Waals surface area contributed by atoms with Gasteiger partial charge >= 0.3 is 6.18 Å². The highest BCUT2D eigenvalue weighted by molar-refractivity contribution is 5.68. The normalized spacial score (nSPS) is 20.2. The Bertz CT molecular complexity index is 783. The largest absolute Gasteiger partial charge is 0.422 e. The van der Waals surface area contributed by atoms with Crippen LogP contribution in [0.3, 0.4) is 0 Å². The van der Waals surface area contributed by atoms with Crippen molar-refractivity contribution in [3.63, 3.8) is 0 Å². The van der Waals surface area contributed by atoms with Crippen LogP contribution in [0.1, 0.15) is 30.9 Å². The van der Waals surface area contributed by atoms with Crippen LogP contribution in [-0.2, 0) is 10.3 Å². The molecular formula is C22H25F3N2O2. The van der Waals surface area contributed by atoms with Crippen LogP contribution < -0.4 is 0 Å². The fraction of sp³-hybridized carbons (Fsp3) is 0.409. The fourth-order valence-corrected chi connectivity index (χ4v) is 3.86. The lowest BCUT2D eigenvalue weighted by Crippen LogP contribution is -2.49. The fourth-order valence-electron chi connectivity index (χ4n) is 3.86. The minimum atomic E-state index is -4.80. The SMILES string of the molecule is COC(c1ccccc1)(c1ccccc1)[C@@H]1CCCN1/N=C/C(C)(O)C(F)(F)F. The third kappa shape index (κ3) is 4.02. The highest BCUT2D eigenvalue weighted by atomic mass is 19.4. The smallest absolute Gasteiger partial charge is 0.376 e. The Morgan fingerprint density at radius 1 is 1.03 bits per heavy atom. The molecule has 0 saturated carbocycles. The molecule has 2 aromatic carbocycles. The lowest BCUT2D eigenvalue weighted by atomic mass is 9.79. The molecule has 29 heavy (non-hydrogen) atoms. The van der Waals surface area contributed by atoms with Crippen molar-refractivity contribution >= 4 is 6.21 Å². The molecule has 0 bridgehead atoms. The van der Waals surface area contributed by atoms with Crippen molar-refractivity contribution in [2.75, 3.05) is 13.7 Å². The maximum atomic E-state index is 13.1. The van der Waals surface area contributed by atoms with Crippen molar-refractivity contribution in [2.24, 2.45) is 5.10 Å². The molecule has 4 nitrogen and oxygen atoms in total. The van der Waals surface area contributed by atoms with Gasteiger partial charge in [-0.25, -0.2) is 0 Å². The van der Waals surface area contributed by atoms with Gasteiger partial charge in [0, 0.05) is 13.7 Å². The van der Waals surface area contributed by atoms with Gasteiger partial charge in [-0.05, 0) is 30.9 Å². The summed E-state index contributed by atoms with van der Waals surface area (Å²) in [5.41, 5.74) is -2.14. The molecule has 2 atom stereocenters. The van der Waals surface area contributed by atoms with Crippen molar-refractivity contribution < 1.29 is 23.0 Å². The lowest BCUT2D eigenvalue weighted by Gasteiger charge is -2.42. The molecular weight excluding hydrogens is 381 g/mol. The molecule has 7 heteroatoms. The number of ether oxygens (including phenoxy) is 1. The molecule has 156 valence electrons. The molecule has 0 spiro atoms. The number of alkyl halides is 3. The standard InChI is InChI=1S/C22H25F3N2O2/c1-20(28,22(23,24)25)16-26-27-15-9-14-19(27)21(29-2,17-10-5-3-6-11-17)18-12-7-4-8-13-18/h3-8,10-13,16,19,28H,9,14-15H2,1-2H3/b26-16+/t19-,20?/m0/s1. The highest BCUT2D eigenvalue weighted by Gasteiger charge is 2.50. The van der Waals surface area contributed by atoms with Crippen LogP contribution in [-0.4, -0.2) is 47.8 Å². The molecule has 0 amide bonds. The quantitative estimate of drug-likeness (QED) is 0.726. The first-order valence-corrected chi connectivity index (χ1v) is 9.49. The maximum absolute atomic E-state index is 13.1. The minimum absolute atomic E-state index is 0.336. The van der Waals surface area contributed by atoms with E-state index in [0.29, 0.717) is 26.1 Å². The molecule has 1 aliphatic heterocycles. The van der Waals surface area contributed by atoms with Gasteiger partial charge in [-0.2, -0.15) is 18.3 Å². The van der Waals surface area contributed by atoms with E-state index in [1.54, 1.807) is 12.1 Å². The van der Waals surface area contributed by atoms with Gasteiger partial charge in [0.05, 0.1) is 12.3 Å². The predicted octanol–water partition coefficient (Wildman–Crippen LogP) is 4.34. The summed E-state index contributed by atoms with van der Waals surface area (Å²) in [6.45, 7) is 1.17. The average Bonchev–Trinajstić information content (AvgIpc) is 3.17. The summed E-state index contributed by atoms with van der Waals surface area (Å²) < 4.78 is 45.3. The van der Waals surface area contributed by atoms with Crippen LogP contribution in [0.25, 0.3) is 0 Å². The van der Waals surface area contributed by atoms with Crippen molar-refractivity contribution in [1.29, 1.82) is 0 Å². The van der Waals surface area contributed by atoms with Crippen LogP contribution in [0.5, 0.6) is 0 Å². The van der Waals surface area contributed by atoms with Gasteiger partial charge in [0.25, 0.3) is 0 Å². The van der Waals surface area contributed by atoms with E-state index in [-0.39, 0.29) is 6.04 Å². The molecule has 0 radical (unpaired) electrons. The Balaban J connectivity index is 2.06. The second kappa shape index (κ2) is 8.16. The van der Waals surface area contributed by atoms with Crippen LogP contribution in [0.15, 0.2) is 65.8 Å². The van der Waals surface area contributed by atoms with Gasteiger partial charge in [0.15, 0.2) is 5.60 Å². The highest BCUT2D eigenvalue weighted by Crippen LogP contribution is 2.43. The van der Waals surface area contributed by atoms with Gasteiger partial charge in [0.2, 0.25) is 0 Å². The minimum Gasteiger partial charge on any atom is -0.376 e. The summed E-state index contributed by atoms with van der Waals surface area (Å²) in [5, 5.41) is 15.4. The molecule has 1 unspecified atom stereocenters. The monoisotopic (exact) mass is 406 g/mol. The second-order valence-electron chi connectivity index (χ2n) is 7.38. The average molecular weight is 406 g/mol. The Kier molecular flexibility index (Phi) is 6.00. The van der Waals surface area contributed by atoms with E-state index in [4.69, 9.17) is 4.74 Å². The van der Waals surface area contributed by atoms with Gasteiger partial charge in [0.1, 0.15) is 5.60 Å². The summed E-state index contributed by atoms with van der Waals surface area (Å²) in [4.78, 5) is 0. The molecule has 1 saturated heterocycles. The lowest BCUT2D eigenvalue weighted by molar-refractivity contribution is -0.222. The summed E-state index contributed by atoms with van der Waals surface area (Å²) in [7, 11) is 1.60. The van der Waals surface area contributed by atoms with E-state index in [1.807, 2.05) is 60.7 Å². The Morgan fingerprint density at radius 3 is 2.00 bits per heavy atom. The van der Waals surface area contributed by atoms with E-state index >= 15 is 0 Å². The summed E-state index contributed by atoms with van der Waals surface area (Å²) >= 11 is 0. The summed E-state index contributed by atoms with van der Waals surface area (Å²) in [6, 6.07) is 18.9. The van der Waals surface area contributed by atoms with E-state index in [1.165, 1.54) is 0 Å². The van der Waals surface area contributed by atoms with Crippen LogP contribution >= 0.6 is 0 Å². The molecule has 0 aromatic heterocycles. The zero-order chi connectivity index (χ0) is 21.1. The van der Waals surface area contributed by atoms with Crippen molar-refractivity contribution in [3.8, 4) is 0 Å². The van der Waals surface area contributed by atoms with Crippen molar-refractivity contribution in [3.05, 3.63) is 71.8 Å². The van der Waals surface area contributed by atoms with Crippen LogP contribution in [0, 0.1) is 0 Å². The molecule has 3 rings (SSSR count). The Labute approximate surface area is 168 Å². The van der Waals surface area contributed by atoms with E-state index in [0.717, 1.165) is 17.5 Å². The number of halogens is 3. The van der Waals surface area contributed by atoms with E-state index < -0.39 is 17.4 Å². The molecule has 1 aliphatic rings. The van der Waals surface area contributed by atoms with Gasteiger partial charge in [-0.3, -0.25) is 5.01 Å². The van der Waals surface area contributed by atoms with Crippen molar-refractivity contribution in [1.82, 2.24) is 5.01 Å².